The predicted octanol–water partition coefficient (Wildman–Crippen LogP) is 12.2. The first kappa shape index (κ1) is 45.4. The second-order valence-electron chi connectivity index (χ2n) is 14.9. The van der Waals surface area contributed by atoms with E-state index >= 15 is 0 Å². The van der Waals surface area contributed by atoms with Crippen LogP contribution >= 0.6 is 0 Å². The summed E-state index contributed by atoms with van der Waals surface area (Å²) in [6, 6.07) is 0. The monoisotopic (exact) mass is 663 g/mol. The number of hydrogen-bond donors (Lipinski definition) is 0. The number of carbonyl (C=O) groups is 2. The molecule has 0 aliphatic heterocycles. The number of hydrogen-bond acceptors (Lipinski definition) is 4. The van der Waals surface area contributed by atoms with Crippen LogP contribution in [0.1, 0.15) is 194 Å². The molecule has 0 aromatic rings. The molecule has 0 spiro atoms. The molecule has 0 saturated heterocycles. The highest BCUT2D eigenvalue weighted by Gasteiger charge is 2.30. The third-order valence-electron chi connectivity index (χ3n) is 8.79. The second-order valence-corrected chi connectivity index (χ2v) is 14.9. The molecule has 5 heteroatoms. The maximum atomic E-state index is 12.8. The lowest BCUT2D eigenvalue weighted by Gasteiger charge is -2.28. The van der Waals surface area contributed by atoms with E-state index < -0.39 is 12.1 Å². The lowest BCUT2D eigenvalue weighted by molar-refractivity contribution is -0.872. The minimum Gasteiger partial charge on any atom is -0.463 e. The summed E-state index contributed by atoms with van der Waals surface area (Å²) in [5.74, 6) is -0.682. The maximum Gasteiger partial charge on any atom is 0.353 e. The lowest BCUT2D eigenvalue weighted by Crippen LogP contribution is -2.47. The van der Waals surface area contributed by atoms with Gasteiger partial charge < -0.3 is 14.0 Å². The van der Waals surface area contributed by atoms with Crippen molar-refractivity contribution in [1.29, 1.82) is 0 Å². The number of quaternary nitrogens is 1. The fourth-order valence-electron chi connectivity index (χ4n) is 5.83. The Bertz CT molecular complexity index is 754. The molecule has 5 nitrogen and oxygen atoms in total. The first-order chi connectivity index (χ1) is 22.8. The van der Waals surface area contributed by atoms with E-state index in [0.717, 1.165) is 38.5 Å². The van der Waals surface area contributed by atoms with E-state index in [9.17, 15) is 9.59 Å². The molecule has 0 aliphatic carbocycles. The van der Waals surface area contributed by atoms with Gasteiger partial charge >= 0.3 is 11.9 Å². The Morgan fingerprint density at radius 2 is 0.872 bits per heavy atom. The van der Waals surface area contributed by atoms with Crippen molar-refractivity contribution in [3.05, 3.63) is 24.3 Å². The normalized spacial score (nSPS) is 12.7. The minimum absolute atomic E-state index is 0.282. The second kappa shape index (κ2) is 34.3. The predicted molar refractivity (Wildman–Crippen MR) is 203 cm³/mol. The van der Waals surface area contributed by atoms with Crippen LogP contribution in [0.5, 0.6) is 0 Å². The van der Waals surface area contributed by atoms with Gasteiger partial charge in [-0.1, -0.05) is 147 Å². The molecule has 0 fully saturated rings. The topological polar surface area (TPSA) is 52.6 Å². The van der Waals surface area contributed by atoms with Crippen LogP contribution in [0, 0.1) is 0 Å². The number of unbranched alkanes of at least 4 members (excludes halogenated alkanes) is 23. The van der Waals surface area contributed by atoms with E-state index in [4.69, 9.17) is 9.47 Å². The summed E-state index contributed by atoms with van der Waals surface area (Å²) in [6.45, 7) is 5.36. The first-order valence-corrected chi connectivity index (χ1v) is 20.3. The number of nitrogens with zero attached hydrogens (tertiary/aromatic N) is 1. The zero-order valence-electron chi connectivity index (χ0n) is 32.2. The summed E-state index contributed by atoms with van der Waals surface area (Å²) in [6.07, 6.45) is 42.4. The molecule has 0 aromatic heterocycles. The van der Waals surface area contributed by atoms with Gasteiger partial charge in [0.2, 0.25) is 6.10 Å². The molecule has 0 heterocycles. The Labute approximate surface area is 293 Å². The molecule has 0 unspecified atom stereocenters. The molecule has 0 radical (unpaired) electrons. The number of likely N-dealkylation sites (N-methyl/N-ethyl adjacent to an activating group) is 1. The van der Waals surface area contributed by atoms with Crippen molar-refractivity contribution in [2.24, 2.45) is 0 Å². The van der Waals surface area contributed by atoms with Crippen LogP contribution in [-0.4, -0.2) is 56.8 Å². The Balaban J connectivity index is 3.90. The molecule has 47 heavy (non-hydrogen) atoms. The van der Waals surface area contributed by atoms with Crippen molar-refractivity contribution in [2.75, 3.05) is 34.3 Å². The quantitative estimate of drug-likeness (QED) is 0.0293. The standard InChI is InChI=1S/C42H80NO4/c1-6-8-10-12-14-16-18-20-22-24-26-28-30-32-34-36-38-46-42(45)40(39-43(3,4)5)47-41(44)37-35-33-31-29-27-25-23-21-19-17-15-13-11-9-7-2/h20-23,40H,6-19,24-39H2,1-5H3/q+1/b22-20-,23-21-/t40-/m0/s1. The summed E-state index contributed by atoms with van der Waals surface area (Å²) in [5, 5.41) is 0. The zero-order valence-corrected chi connectivity index (χ0v) is 32.2. The average Bonchev–Trinajstić information content (AvgIpc) is 3.03. The van der Waals surface area contributed by atoms with Crippen LogP contribution in [0.4, 0.5) is 0 Å². The van der Waals surface area contributed by atoms with Gasteiger partial charge in [-0.25, -0.2) is 4.79 Å². The smallest absolute Gasteiger partial charge is 0.353 e. The highest BCUT2D eigenvalue weighted by atomic mass is 16.6. The number of rotatable bonds is 35. The van der Waals surface area contributed by atoms with E-state index in [1.807, 2.05) is 21.1 Å². The summed E-state index contributed by atoms with van der Waals surface area (Å²) in [5.41, 5.74) is 0. The Kier molecular flexibility index (Phi) is 33.1. The molecular formula is C42H80NO4+. The van der Waals surface area contributed by atoms with E-state index in [0.29, 0.717) is 24.1 Å². The molecule has 276 valence electrons. The van der Waals surface area contributed by atoms with E-state index in [1.54, 1.807) is 0 Å². The van der Waals surface area contributed by atoms with Gasteiger partial charge in [0.15, 0.2) is 0 Å². The van der Waals surface area contributed by atoms with E-state index in [1.165, 1.54) is 135 Å². The fraction of sp³-hybridized carbons (Fsp3) is 0.857. The van der Waals surface area contributed by atoms with Gasteiger partial charge in [-0.15, -0.1) is 0 Å². The van der Waals surface area contributed by atoms with Crippen LogP contribution in [-0.2, 0) is 19.1 Å². The third kappa shape index (κ3) is 35.5. The van der Waals surface area contributed by atoms with Gasteiger partial charge in [0.05, 0.1) is 27.7 Å². The van der Waals surface area contributed by atoms with Crippen LogP contribution < -0.4 is 0 Å². The van der Waals surface area contributed by atoms with Gasteiger partial charge in [-0.05, 0) is 64.2 Å². The van der Waals surface area contributed by atoms with Crippen molar-refractivity contribution >= 4 is 11.9 Å². The van der Waals surface area contributed by atoms with Crippen LogP contribution in [0.3, 0.4) is 0 Å². The third-order valence-corrected chi connectivity index (χ3v) is 8.79. The average molecular weight is 663 g/mol. The number of allylic oxidation sites excluding steroid dienone is 4. The molecule has 0 aliphatic rings. The molecular weight excluding hydrogens is 582 g/mol. The largest absolute Gasteiger partial charge is 0.463 e. The Hall–Kier alpha value is -1.62. The molecule has 0 bridgehead atoms. The van der Waals surface area contributed by atoms with Gasteiger partial charge in [-0.2, -0.15) is 0 Å². The molecule has 0 saturated carbocycles. The van der Waals surface area contributed by atoms with Crippen molar-refractivity contribution in [3.63, 3.8) is 0 Å². The van der Waals surface area contributed by atoms with Crippen molar-refractivity contribution in [1.82, 2.24) is 0 Å². The molecule has 0 aromatic carbocycles. The fourth-order valence-corrected chi connectivity index (χ4v) is 5.83. The van der Waals surface area contributed by atoms with Gasteiger partial charge in [0.1, 0.15) is 6.54 Å². The first-order valence-electron chi connectivity index (χ1n) is 20.3. The van der Waals surface area contributed by atoms with Crippen LogP contribution in [0.2, 0.25) is 0 Å². The maximum absolute atomic E-state index is 12.8. The molecule has 0 N–H and O–H groups in total. The van der Waals surface area contributed by atoms with Crippen LogP contribution in [0.15, 0.2) is 24.3 Å². The summed E-state index contributed by atoms with van der Waals surface area (Å²) < 4.78 is 11.7. The number of esters is 2. The van der Waals surface area contributed by atoms with Crippen LogP contribution in [0.25, 0.3) is 0 Å². The lowest BCUT2D eigenvalue weighted by atomic mass is 10.1. The highest BCUT2D eigenvalue weighted by molar-refractivity contribution is 5.79. The Morgan fingerprint density at radius 1 is 0.511 bits per heavy atom. The van der Waals surface area contributed by atoms with E-state index in [-0.39, 0.29) is 5.97 Å². The molecule has 1 atom stereocenters. The number of ether oxygens (including phenoxy) is 2. The summed E-state index contributed by atoms with van der Waals surface area (Å²) in [4.78, 5) is 25.4. The van der Waals surface area contributed by atoms with E-state index in [2.05, 4.69) is 38.2 Å². The molecule has 0 amide bonds. The Morgan fingerprint density at radius 3 is 1.28 bits per heavy atom. The minimum atomic E-state index is -0.834. The SMILES string of the molecule is CCCCCCCC/C=C\CCCCCCCCOC(=O)[C@H](C[N+](C)(C)C)OC(=O)CCCCCCC/C=C\CCCCCCCC. The number of carbonyl (C=O) groups excluding carboxylic acids is 2. The van der Waals surface area contributed by atoms with Gasteiger partial charge in [0.25, 0.3) is 0 Å². The van der Waals surface area contributed by atoms with Crippen molar-refractivity contribution in [3.8, 4) is 0 Å². The highest BCUT2D eigenvalue weighted by Crippen LogP contribution is 2.13. The van der Waals surface area contributed by atoms with Crippen molar-refractivity contribution in [2.45, 2.75) is 200 Å². The summed E-state index contributed by atoms with van der Waals surface area (Å²) in [7, 11) is 6.01. The van der Waals surface area contributed by atoms with Crippen molar-refractivity contribution < 1.29 is 23.5 Å². The molecule has 0 rings (SSSR count). The summed E-state index contributed by atoms with van der Waals surface area (Å²) >= 11 is 0. The van der Waals surface area contributed by atoms with Gasteiger partial charge in [0, 0.05) is 6.42 Å². The zero-order chi connectivity index (χ0) is 34.7. The van der Waals surface area contributed by atoms with Gasteiger partial charge in [-0.3, -0.25) is 4.79 Å².